The minimum Gasteiger partial charge on any atom is -0.449 e. The molecule has 4 rings (SSSR count). The second kappa shape index (κ2) is 6.12. The third-order valence-electron chi connectivity index (χ3n) is 4.26. The van der Waals surface area contributed by atoms with Gasteiger partial charge < -0.3 is 14.8 Å². The van der Waals surface area contributed by atoms with Crippen molar-refractivity contribution in [1.82, 2.24) is 4.37 Å². The molecular formula is C16H14F3N4O3S+. The minimum atomic E-state index is -4.89. The number of amides is 1. The Labute approximate surface area is 155 Å². The molecule has 0 fully saturated rings. The number of nitrogen functional groups attached to an aromatic ring is 1. The van der Waals surface area contributed by atoms with E-state index in [0.29, 0.717) is 36.3 Å². The highest BCUT2D eigenvalue weighted by Gasteiger charge is 2.47. The Balaban J connectivity index is 1.83. The SMILES string of the molecule is Cc1csnc1NC(=O)c1c(N)[nH+]c2c(c1C(F)(F)F)OC1=C(CCC1)O2. The summed E-state index contributed by atoms with van der Waals surface area (Å²) in [6.45, 7) is 1.68. The van der Waals surface area contributed by atoms with Crippen molar-refractivity contribution in [3.63, 3.8) is 0 Å². The van der Waals surface area contributed by atoms with Crippen LogP contribution in [0.5, 0.6) is 11.6 Å². The molecule has 0 aromatic carbocycles. The second-order valence-electron chi connectivity index (χ2n) is 6.15. The number of rotatable bonds is 2. The largest absolute Gasteiger partial charge is 0.449 e. The standard InChI is InChI=1S/C16H13F3N4O3S/c1-6-5-27-23-13(6)22-14(24)9-10(16(17,18)19)11-15(21-12(9)20)26-8-4-2-3-7(8)25-11/h5H,2-4H2,1H3,(H2,20,21)(H,22,23,24)/p+1. The molecule has 0 radical (unpaired) electrons. The van der Waals surface area contributed by atoms with Gasteiger partial charge in [-0.05, 0) is 24.9 Å². The number of aryl methyl sites for hydroxylation is 1. The first-order valence-corrected chi connectivity index (χ1v) is 8.85. The number of aromatic amines is 1. The van der Waals surface area contributed by atoms with E-state index in [1.165, 1.54) is 0 Å². The first-order chi connectivity index (χ1) is 12.8. The number of hydrogen-bond donors (Lipinski definition) is 2. The summed E-state index contributed by atoms with van der Waals surface area (Å²) < 4.78 is 56.5. The zero-order valence-electron chi connectivity index (χ0n) is 14.0. The molecule has 1 aliphatic carbocycles. The van der Waals surface area contributed by atoms with E-state index < -0.39 is 34.8 Å². The molecule has 3 heterocycles. The number of nitrogens with one attached hydrogen (secondary N) is 2. The number of alkyl halides is 3. The van der Waals surface area contributed by atoms with Crippen molar-refractivity contribution in [2.75, 3.05) is 11.1 Å². The van der Waals surface area contributed by atoms with Crippen molar-refractivity contribution in [3.05, 3.63) is 33.6 Å². The Kier molecular flexibility index (Phi) is 3.98. The molecule has 0 atom stereocenters. The van der Waals surface area contributed by atoms with Crippen LogP contribution in [0.2, 0.25) is 0 Å². The first kappa shape index (κ1) is 17.6. The highest BCUT2D eigenvalue weighted by Crippen LogP contribution is 2.48. The van der Waals surface area contributed by atoms with Gasteiger partial charge in [-0.15, -0.1) is 0 Å². The number of H-pyrrole nitrogens is 1. The molecule has 2 aliphatic rings. The summed E-state index contributed by atoms with van der Waals surface area (Å²) in [5.41, 5.74) is 4.34. The summed E-state index contributed by atoms with van der Waals surface area (Å²) in [6, 6.07) is 0. The van der Waals surface area contributed by atoms with Gasteiger partial charge in [0.25, 0.3) is 11.7 Å². The summed E-state index contributed by atoms with van der Waals surface area (Å²) >= 11 is 1.07. The molecule has 2 aromatic rings. The van der Waals surface area contributed by atoms with Crippen LogP contribution in [0.3, 0.4) is 0 Å². The molecule has 1 amide bonds. The summed E-state index contributed by atoms with van der Waals surface area (Å²) in [4.78, 5) is 15.1. The van der Waals surface area contributed by atoms with Crippen molar-refractivity contribution >= 4 is 29.1 Å². The molecule has 27 heavy (non-hydrogen) atoms. The van der Waals surface area contributed by atoms with Crippen molar-refractivity contribution in [2.24, 2.45) is 0 Å². The highest BCUT2D eigenvalue weighted by atomic mass is 32.1. The smallest absolute Gasteiger partial charge is 0.421 e. The Hall–Kier alpha value is -2.82. The number of nitrogens with zero attached hydrogens (tertiary/aromatic N) is 1. The monoisotopic (exact) mass is 399 g/mol. The number of hydrogen-bond acceptors (Lipinski definition) is 6. The van der Waals surface area contributed by atoms with Crippen molar-refractivity contribution in [2.45, 2.75) is 32.4 Å². The number of carbonyl (C=O) groups excluding carboxylic acids is 1. The number of aromatic nitrogens is 2. The third-order valence-corrected chi connectivity index (χ3v) is 5.01. The summed E-state index contributed by atoms with van der Waals surface area (Å²) in [5.74, 6) is -1.37. The fraction of sp³-hybridized carbons (Fsp3) is 0.312. The average molecular weight is 399 g/mol. The summed E-state index contributed by atoms with van der Waals surface area (Å²) in [5, 5.41) is 4.03. The van der Waals surface area contributed by atoms with Gasteiger partial charge in [0.05, 0.1) is 0 Å². The van der Waals surface area contributed by atoms with Crippen molar-refractivity contribution in [3.8, 4) is 11.6 Å². The number of halogens is 3. The maximum absolute atomic E-state index is 13.9. The van der Waals surface area contributed by atoms with Gasteiger partial charge >= 0.3 is 12.1 Å². The summed E-state index contributed by atoms with van der Waals surface area (Å²) in [6.07, 6.45) is -3.14. The van der Waals surface area contributed by atoms with Gasteiger partial charge in [0, 0.05) is 23.8 Å². The molecule has 0 saturated carbocycles. The fourth-order valence-electron chi connectivity index (χ4n) is 3.01. The van der Waals surface area contributed by atoms with Crippen LogP contribution >= 0.6 is 11.5 Å². The van der Waals surface area contributed by atoms with E-state index in [1.54, 1.807) is 12.3 Å². The lowest BCUT2D eigenvalue weighted by Gasteiger charge is -2.22. The quantitative estimate of drug-likeness (QED) is 0.807. The number of fused-ring (bicyclic) bond motifs is 1. The zero-order chi connectivity index (χ0) is 19.3. The lowest BCUT2D eigenvalue weighted by atomic mass is 10.1. The van der Waals surface area contributed by atoms with Gasteiger partial charge in [-0.2, -0.15) is 17.5 Å². The van der Waals surface area contributed by atoms with Gasteiger partial charge in [0.15, 0.2) is 0 Å². The van der Waals surface area contributed by atoms with Crippen LogP contribution in [-0.4, -0.2) is 10.3 Å². The second-order valence-corrected chi connectivity index (χ2v) is 6.78. The molecule has 4 N–H and O–H groups in total. The van der Waals surface area contributed by atoms with Crippen LogP contribution in [0.25, 0.3) is 0 Å². The number of carbonyl (C=O) groups is 1. The van der Waals surface area contributed by atoms with E-state index in [0.717, 1.165) is 11.5 Å². The molecule has 1 aliphatic heterocycles. The maximum Gasteiger partial charge on any atom is 0.421 e. The van der Waals surface area contributed by atoms with Crippen LogP contribution in [0.1, 0.15) is 40.7 Å². The number of allylic oxidation sites excluding steroid dienone is 2. The average Bonchev–Trinajstić information content (AvgIpc) is 3.19. The Morgan fingerprint density at radius 3 is 2.67 bits per heavy atom. The van der Waals surface area contributed by atoms with E-state index in [4.69, 9.17) is 15.2 Å². The number of nitrogens with two attached hydrogens (primary N) is 1. The predicted molar refractivity (Wildman–Crippen MR) is 89.3 cm³/mol. The van der Waals surface area contributed by atoms with Gasteiger partial charge in [-0.25, -0.2) is 4.98 Å². The van der Waals surface area contributed by atoms with Crippen LogP contribution < -0.4 is 25.5 Å². The predicted octanol–water partition coefficient (Wildman–Crippen LogP) is 3.29. The molecule has 2 aromatic heterocycles. The lowest BCUT2D eigenvalue weighted by Crippen LogP contribution is -2.30. The number of ether oxygens (including phenoxy) is 2. The first-order valence-electron chi connectivity index (χ1n) is 8.01. The van der Waals surface area contributed by atoms with E-state index in [-0.39, 0.29) is 11.7 Å². The molecular weight excluding hydrogens is 385 g/mol. The molecule has 142 valence electrons. The van der Waals surface area contributed by atoms with Crippen LogP contribution in [0, 0.1) is 6.92 Å². The highest BCUT2D eigenvalue weighted by molar-refractivity contribution is 7.04. The van der Waals surface area contributed by atoms with E-state index >= 15 is 0 Å². The molecule has 7 nitrogen and oxygen atoms in total. The molecule has 0 bridgehead atoms. The van der Waals surface area contributed by atoms with Crippen LogP contribution in [0.15, 0.2) is 16.9 Å². The lowest BCUT2D eigenvalue weighted by molar-refractivity contribution is -0.378. The number of anilines is 2. The Morgan fingerprint density at radius 2 is 2.04 bits per heavy atom. The topological polar surface area (TPSA) is 101 Å². The van der Waals surface area contributed by atoms with Gasteiger partial charge in [-0.3, -0.25) is 10.5 Å². The maximum atomic E-state index is 13.9. The minimum absolute atomic E-state index is 0.174. The van der Waals surface area contributed by atoms with Crippen molar-refractivity contribution < 1.29 is 32.4 Å². The van der Waals surface area contributed by atoms with Gasteiger partial charge in [-0.1, -0.05) is 0 Å². The van der Waals surface area contributed by atoms with Gasteiger partial charge in [0.1, 0.15) is 28.5 Å². The zero-order valence-corrected chi connectivity index (χ0v) is 14.8. The van der Waals surface area contributed by atoms with Crippen molar-refractivity contribution in [1.29, 1.82) is 0 Å². The number of pyridine rings is 1. The Morgan fingerprint density at radius 1 is 1.33 bits per heavy atom. The van der Waals surface area contributed by atoms with Gasteiger partial charge in [0.2, 0.25) is 5.75 Å². The van der Waals surface area contributed by atoms with E-state index in [9.17, 15) is 18.0 Å². The third kappa shape index (κ3) is 2.97. The molecule has 0 unspecified atom stereocenters. The molecule has 0 spiro atoms. The van der Waals surface area contributed by atoms with Crippen LogP contribution in [-0.2, 0) is 6.18 Å². The van der Waals surface area contributed by atoms with E-state index in [2.05, 4.69) is 14.7 Å². The molecule has 0 saturated heterocycles. The molecule has 11 heteroatoms. The normalized spacial score (nSPS) is 15.7. The fourth-order valence-corrected chi connectivity index (χ4v) is 3.62. The summed E-state index contributed by atoms with van der Waals surface area (Å²) in [7, 11) is 0. The Bertz CT molecular complexity index is 984. The van der Waals surface area contributed by atoms with Crippen LogP contribution in [0.4, 0.5) is 24.8 Å². The van der Waals surface area contributed by atoms with E-state index in [1.807, 2.05) is 0 Å².